The molecule has 0 spiro atoms. The van der Waals surface area contributed by atoms with Gasteiger partial charge in [0.05, 0.1) is 17.5 Å². The molecule has 3 rings (SSSR count). The summed E-state index contributed by atoms with van der Waals surface area (Å²) >= 11 is 0. The van der Waals surface area contributed by atoms with Crippen molar-refractivity contribution < 1.29 is 8.42 Å². The van der Waals surface area contributed by atoms with Crippen LogP contribution in [-0.2, 0) is 16.3 Å². The van der Waals surface area contributed by atoms with E-state index in [0.717, 1.165) is 24.3 Å². The van der Waals surface area contributed by atoms with Crippen LogP contribution < -0.4 is 10.6 Å². The lowest BCUT2D eigenvalue weighted by molar-refractivity contribution is 0.551. The molecule has 0 unspecified atom stereocenters. The highest BCUT2D eigenvalue weighted by atomic mass is 32.2. The van der Waals surface area contributed by atoms with E-state index in [2.05, 4.69) is 4.90 Å². The maximum absolute atomic E-state index is 11.2. The van der Waals surface area contributed by atoms with Gasteiger partial charge in [-0.25, -0.2) is 8.42 Å². The minimum atomic E-state index is -2.75. The Hall–Kier alpha value is -1.23. The van der Waals surface area contributed by atoms with Crippen molar-refractivity contribution in [3.05, 3.63) is 23.8 Å². The highest BCUT2D eigenvalue weighted by molar-refractivity contribution is 7.92. The molecule has 0 aliphatic carbocycles. The zero-order valence-corrected chi connectivity index (χ0v) is 9.70. The van der Waals surface area contributed by atoms with Gasteiger partial charge in [-0.1, -0.05) is 0 Å². The number of benzene rings is 1. The standard InChI is InChI=1S/C11H14N2O2S/c12-9-1-2-11-8(5-9)3-4-13(11)10-6-16(14,15)7-10/h1-2,5,10H,3-4,6-7,12H2. The number of hydrogen-bond donors (Lipinski definition) is 1. The predicted octanol–water partition coefficient (Wildman–Crippen LogP) is 0.428. The van der Waals surface area contributed by atoms with Crippen molar-refractivity contribution >= 4 is 21.2 Å². The summed E-state index contributed by atoms with van der Waals surface area (Å²) in [6.45, 7) is 0.916. The normalized spacial score (nSPS) is 22.9. The van der Waals surface area contributed by atoms with Crippen molar-refractivity contribution in [2.75, 3.05) is 28.7 Å². The molecule has 5 heteroatoms. The predicted molar refractivity (Wildman–Crippen MR) is 64.3 cm³/mol. The van der Waals surface area contributed by atoms with Gasteiger partial charge in [-0.15, -0.1) is 0 Å². The molecule has 0 atom stereocenters. The first kappa shape index (κ1) is 9.96. The van der Waals surface area contributed by atoms with Gasteiger partial charge in [-0.3, -0.25) is 0 Å². The van der Waals surface area contributed by atoms with Crippen molar-refractivity contribution in [2.45, 2.75) is 12.5 Å². The van der Waals surface area contributed by atoms with Gasteiger partial charge in [-0.05, 0) is 30.2 Å². The van der Waals surface area contributed by atoms with E-state index in [1.165, 1.54) is 5.56 Å². The lowest BCUT2D eigenvalue weighted by Gasteiger charge is -2.36. The van der Waals surface area contributed by atoms with Crippen LogP contribution in [0, 0.1) is 0 Å². The van der Waals surface area contributed by atoms with Crippen LogP contribution in [0.3, 0.4) is 0 Å². The van der Waals surface area contributed by atoms with E-state index in [1.807, 2.05) is 18.2 Å². The summed E-state index contributed by atoms with van der Waals surface area (Å²) in [5.74, 6) is 0.605. The SMILES string of the molecule is Nc1ccc2c(c1)CCN2C1CS(=O)(=O)C1. The second-order valence-corrected chi connectivity index (χ2v) is 6.72. The van der Waals surface area contributed by atoms with Crippen LogP contribution in [-0.4, -0.2) is 32.5 Å². The molecule has 0 saturated carbocycles. The summed E-state index contributed by atoms with van der Waals surface area (Å²) in [4.78, 5) is 2.20. The molecule has 0 bridgehead atoms. The number of hydrogen-bond acceptors (Lipinski definition) is 4. The third kappa shape index (κ3) is 1.46. The van der Waals surface area contributed by atoms with E-state index in [4.69, 9.17) is 5.73 Å². The summed E-state index contributed by atoms with van der Waals surface area (Å²) in [6, 6.07) is 6.05. The maximum atomic E-state index is 11.2. The quantitative estimate of drug-likeness (QED) is 0.721. The molecule has 2 aliphatic rings. The van der Waals surface area contributed by atoms with Gasteiger partial charge in [0.1, 0.15) is 0 Å². The summed E-state index contributed by atoms with van der Waals surface area (Å²) in [6.07, 6.45) is 0.969. The second kappa shape index (κ2) is 3.13. The van der Waals surface area contributed by atoms with E-state index in [1.54, 1.807) is 0 Å². The molecule has 2 heterocycles. The minimum Gasteiger partial charge on any atom is -0.399 e. The molecule has 86 valence electrons. The third-order valence-corrected chi connectivity index (χ3v) is 5.15. The molecular formula is C11H14N2O2S. The highest BCUT2D eigenvalue weighted by Crippen LogP contribution is 2.33. The van der Waals surface area contributed by atoms with Gasteiger partial charge < -0.3 is 10.6 Å². The first-order chi connectivity index (χ1) is 7.55. The Morgan fingerprint density at radius 3 is 2.75 bits per heavy atom. The van der Waals surface area contributed by atoms with Crippen LogP contribution in [0.1, 0.15) is 5.56 Å². The van der Waals surface area contributed by atoms with E-state index in [-0.39, 0.29) is 6.04 Å². The topological polar surface area (TPSA) is 63.4 Å². The lowest BCUT2D eigenvalue weighted by Crippen LogP contribution is -2.52. The fraction of sp³-hybridized carbons (Fsp3) is 0.455. The van der Waals surface area contributed by atoms with Crippen molar-refractivity contribution in [2.24, 2.45) is 0 Å². The Morgan fingerprint density at radius 1 is 1.31 bits per heavy atom. The Bertz CT molecular complexity index is 527. The average Bonchev–Trinajstić information content (AvgIpc) is 2.56. The first-order valence-corrected chi connectivity index (χ1v) is 7.23. The molecule has 16 heavy (non-hydrogen) atoms. The Morgan fingerprint density at radius 2 is 2.06 bits per heavy atom. The van der Waals surface area contributed by atoms with Crippen molar-refractivity contribution in [1.82, 2.24) is 0 Å². The zero-order valence-electron chi connectivity index (χ0n) is 8.89. The number of nitrogens with zero attached hydrogens (tertiary/aromatic N) is 1. The van der Waals surface area contributed by atoms with E-state index in [9.17, 15) is 8.42 Å². The van der Waals surface area contributed by atoms with Gasteiger partial charge in [-0.2, -0.15) is 0 Å². The van der Waals surface area contributed by atoms with Gasteiger partial charge in [0.2, 0.25) is 0 Å². The number of rotatable bonds is 1. The van der Waals surface area contributed by atoms with Crippen LogP contribution in [0.25, 0.3) is 0 Å². The fourth-order valence-corrected chi connectivity index (χ4v) is 3.98. The van der Waals surface area contributed by atoms with Crippen LogP contribution >= 0.6 is 0 Å². The van der Waals surface area contributed by atoms with Crippen LogP contribution in [0.4, 0.5) is 11.4 Å². The van der Waals surface area contributed by atoms with Crippen LogP contribution in [0.5, 0.6) is 0 Å². The Labute approximate surface area is 95.0 Å². The van der Waals surface area contributed by atoms with E-state index < -0.39 is 9.84 Å². The number of fused-ring (bicyclic) bond motifs is 1. The molecule has 4 nitrogen and oxygen atoms in total. The Kier molecular flexibility index (Phi) is 1.95. The summed E-state index contributed by atoms with van der Waals surface area (Å²) in [7, 11) is -2.75. The molecule has 0 aromatic heterocycles. The smallest absolute Gasteiger partial charge is 0.154 e. The van der Waals surface area contributed by atoms with Crippen molar-refractivity contribution in [3.63, 3.8) is 0 Å². The molecule has 0 amide bonds. The summed E-state index contributed by atoms with van der Waals surface area (Å²) in [5, 5.41) is 0. The Balaban J connectivity index is 1.87. The van der Waals surface area contributed by atoms with Crippen molar-refractivity contribution in [1.29, 1.82) is 0 Å². The lowest BCUT2D eigenvalue weighted by atomic mass is 10.1. The van der Waals surface area contributed by atoms with Gasteiger partial charge in [0.15, 0.2) is 9.84 Å². The largest absolute Gasteiger partial charge is 0.399 e. The summed E-state index contributed by atoms with van der Waals surface area (Å²) < 4.78 is 22.3. The number of anilines is 2. The van der Waals surface area contributed by atoms with Crippen LogP contribution in [0.15, 0.2) is 18.2 Å². The number of nitrogens with two attached hydrogens (primary N) is 1. The van der Waals surface area contributed by atoms with Gasteiger partial charge in [0, 0.05) is 17.9 Å². The molecule has 2 aliphatic heterocycles. The second-order valence-electron chi connectivity index (χ2n) is 4.56. The molecule has 0 radical (unpaired) electrons. The first-order valence-electron chi connectivity index (χ1n) is 5.41. The van der Waals surface area contributed by atoms with Gasteiger partial charge >= 0.3 is 0 Å². The van der Waals surface area contributed by atoms with E-state index >= 15 is 0 Å². The molecule has 1 fully saturated rings. The van der Waals surface area contributed by atoms with E-state index in [0.29, 0.717) is 11.5 Å². The number of sulfone groups is 1. The van der Waals surface area contributed by atoms with Crippen molar-refractivity contribution in [3.8, 4) is 0 Å². The average molecular weight is 238 g/mol. The molecule has 1 aromatic rings. The van der Waals surface area contributed by atoms with Gasteiger partial charge in [0.25, 0.3) is 0 Å². The number of nitrogen functional groups attached to an aromatic ring is 1. The highest BCUT2D eigenvalue weighted by Gasteiger charge is 2.39. The van der Waals surface area contributed by atoms with Crippen LogP contribution in [0.2, 0.25) is 0 Å². The molecule has 1 aromatic carbocycles. The maximum Gasteiger partial charge on any atom is 0.154 e. The molecule has 2 N–H and O–H groups in total. The zero-order chi connectivity index (χ0) is 11.3. The molecular weight excluding hydrogens is 224 g/mol. The minimum absolute atomic E-state index is 0.176. The third-order valence-electron chi connectivity index (χ3n) is 3.37. The fourth-order valence-electron chi connectivity index (χ4n) is 2.54. The molecule has 1 saturated heterocycles. The monoisotopic (exact) mass is 238 g/mol. The summed E-state index contributed by atoms with van der Waals surface area (Å²) in [5.41, 5.74) is 8.91.